The Morgan fingerprint density at radius 1 is 1.00 bits per heavy atom. The molecule has 1 fully saturated rings. The van der Waals surface area contributed by atoms with Crippen LogP contribution in [0.2, 0.25) is 0 Å². The molecule has 0 saturated carbocycles. The highest BCUT2D eigenvalue weighted by Crippen LogP contribution is 2.17. The molecule has 3 rings (SSSR count). The summed E-state index contributed by atoms with van der Waals surface area (Å²) in [4.78, 5) is 23.4. The van der Waals surface area contributed by atoms with Crippen molar-refractivity contribution >= 4 is 11.6 Å². The lowest BCUT2D eigenvalue weighted by Crippen LogP contribution is -2.46. The first-order chi connectivity index (χ1) is 12.7. The van der Waals surface area contributed by atoms with Crippen LogP contribution in [0.1, 0.15) is 29.9 Å². The fourth-order valence-corrected chi connectivity index (χ4v) is 3.38. The largest absolute Gasteiger partial charge is 0.368 e. The normalized spacial score (nSPS) is 15.1. The molecule has 26 heavy (non-hydrogen) atoms. The summed E-state index contributed by atoms with van der Waals surface area (Å²) in [5.74, 6) is 0.00855. The molecule has 0 N–H and O–H groups in total. The minimum atomic E-state index is 0.00855. The summed E-state index contributed by atoms with van der Waals surface area (Å²) < 4.78 is 0. The average Bonchev–Trinajstić information content (AvgIpc) is 2.70. The van der Waals surface area contributed by atoms with E-state index in [-0.39, 0.29) is 5.91 Å². The van der Waals surface area contributed by atoms with Crippen LogP contribution in [0.5, 0.6) is 0 Å². The molecular formula is C21H28N4O. The van der Waals surface area contributed by atoms with Crippen LogP contribution in [0.4, 0.5) is 5.69 Å². The third-order valence-corrected chi connectivity index (χ3v) is 5.00. The van der Waals surface area contributed by atoms with Crippen LogP contribution >= 0.6 is 0 Å². The molecule has 1 amide bonds. The van der Waals surface area contributed by atoms with E-state index in [1.165, 1.54) is 5.56 Å². The maximum absolute atomic E-state index is 12.4. The summed E-state index contributed by atoms with van der Waals surface area (Å²) in [6.45, 7) is 10.4. The zero-order valence-corrected chi connectivity index (χ0v) is 15.8. The van der Waals surface area contributed by atoms with Gasteiger partial charge in [-0.15, -0.1) is 0 Å². The molecule has 0 aliphatic carbocycles. The van der Waals surface area contributed by atoms with Crippen molar-refractivity contribution in [3.05, 3.63) is 59.9 Å². The Balaban J connectivity index is 1.55. The van der Waals surface area contributed by atoms with Gasteiger partial charge in [0.1, 0.15) is 5.69 Å². The van der Waals surface area contributed by atoms with Gasteiger partial charge < -0.3 is 9.80 Å². The first kappa shape index (κ1) is 18.4. The second-order valence-corrected chi connectivity index (χ2v) is 6.63. The van der Waals surface area contributed by atoms with E-state index < -0.39 is 0 Å². The van der Waals surface area contributed by atoms with E-state index in [0.717, 1.165) is 38.4 Å². The molecule has 138 valence electrons. The van der Waals surface area contributed by atoms with Gasteiger partial charge in [-0.1, -0.05) is 30.3 Å². The van der Waals surface area contributed by atoms with Gasteiger partial charge in [-0.05, 0) is 31.5 Å². The lowest BCUT2D eigenvalue weighted by atomic mass is 10.2. The number of nitrogens with zero attached hydrogens (tertiary/aromatic N) is 4. The predicted molar refractivity (Wildman–Crippen MR) is 105 cm³/mol. The smallest absolute Gasteiger partial charge is 0.272 e. The summed E-state index contributed by atoms with van der Waals surface area (Å²) in [6, 6.07) is 14.5. The Bertz CT molecular complexity index is 690. The monoisotopic (exact) mass is 352 g/mol. The van der Waals surface area contributed by atoms with E-state index in [0.29, 0.717) is 18.8 Å². The summed E-state index contributed by atoms with van der Waals surface area (Å²) in [7, 11) is 0. The van der Waals surface area contributed by atoms with E-state index in [1.54, 1.807) is 4.90 Å². The molecule has 1 aliphatic heterocycles. The lowest BCUT2D eigenvalue weighted by molar-refractivity contribution is 0.0767. The van der Waals surface area contributed by atoms with Crippen LogP contribution in [-0.2, 0) is 6.54 Å². The number of aromatic nitrogens is 1. The van der Waals surface area contributed by atoms with Gasteiger partial charge in [0, 0.05) is 45.8 Å². The highest BCUT2D eigenvalue weighted by atomic mass is 16.2. The minimum absolute atomic E-state index is 0.00855. The first-order valence-electron chi connectivity index (χ1n) is 9.47. The maximum Gasteiger partial charge on any atom is 0.272 e. The number of anilines is 1. The van der Waals surface area contributed by atoms with Crippen LogP contribution in [0.3, 0.4) is 0 Å². The summed E-state index contributed by atoms with van der Waals surface area (Å²) >= 11 is 0. The zero-order chi connectivity index (χ0) is 18.4. The number of carbonyl (C=O) groups excluding carboxylic acids is 1. The van der Waals surface area contributed by atoms with Crippen LogP contribution in [0.15, 0.2) is 48.7 Å². The van der Waals surface area contributed by atoms with E-state index >= 15 is 0 Å². The lowest BCUT2D eigenvalue weighted by Gasteiger charge is -2.36. The van der Waals surface area contributed by atoms with E-state index in [1.807, 2.05) is 32.2 Å². The Labute approximate surface area is 156 Å². The molecular weight excluding hydrogens is 324 g/mol. The van der Waals surface area contributed by atoms with E-state index in [9.17, 15) is 4.79 Å². The van der Waals surface area contributed by atoms with Crippen molar-refractivity contribution in [1.82, 2.24) is 14.8 Å². The maximum atomic E-state index is 12.4. The Kier molecular flexibility index (Phi) is 6.23. The van der Waals surface area contributed by atoms with Gasteiger partial charge >= 0.3 is 0 Å². The predicted octanol–water partition coefficient (Wildman–Crippen LogP) is 2.89. The SMILES string of the molecule is CCN(CC)C(=O)c1ccc(N2CCN(Cc3ccccc3)CC2)cn1. The molecule has 5 nitrogen and oxygen atoms in total. The Morgan fingerprint density at radius 2 is 1.69 bits per heavy atom. The van der Waals surface area contributed by atoms with Crippen LogP contribution in [0, 0.1) is 0 Å². The molecule has 0 unspecified atom stereocenters. The fraction of sp³-hybridized carbons (Fsp3) is 0.429. The molecule has 0 radical (unpaired) electrons. The van der Waals surface area contributed by atoms with Gasteiger partial charge in [0.25, 0.3) is 5.91 Å². The van der Waals surface area contributed by atoms with Crippen molar-refractivity contribution in [3.63, 3.8) is 0 Å². The Morgan fingerprint density at radius 3 is 2.27 bits per heavy atom. The van der Waals surface area contributed by atoms with Crippen molar-refractivity contribution in [2.75, 3.05) is 44.2 Å². The van der Waals surface area contributed by atoms with Crippen LogP contribution in [-0.4, -0.2) is 60.0 Å². The van der Waals surface area contributed by atoms with Gasteiger partial charge in [-0.3, -0.25) is 9.69 Å². The molecule has 0 atom stereocenters. The van der Waals surface area contributed by atoms with E-state index in [2.05, 4.69) is 45.1 Å². The highest BCUT2D eigenvalue weighted by molar-refractivity contribution is 5.92. The topological polar surface area (TPSA) is 39.7 Å². The third-order valence-electron chi connectivity index (χ3n) is 5.00. The average molecular weight is 352 g/mol. The second-order valence-electron chi connectivity index (χ2n) is 6.63. The fourth-order valence-electron chi connectivity index (χ4n) is 3.38. The van der Waals surface area contributed by atoms with Gasteiger partial charge in [-0.2, -0.15) is 0 Å². The zero-order valence-electron chi connectivity index (χ0n) is 15.8. The minimum Gasteiger partial charge on any atom is -0.368 e. The number of pyridine rings is 1. The molecule has 0 spiro atoms. The number of hydrogen-bond acceptors (Lipinski definition) is 4. The second kappa shape index (κ2) is 8.81. The quantitative estimate of drug-likeness (QED) is 0.801. The standard InChI is InChI=1S/C21H28N4O/c1-3-24(4-2)21(26)20-11-10-19(16-22-20)25-14-12-23(13-15-25)17-18-8-6-5-7-9-18/h5-11,16H,3-4,12-15,17H2,1-2H3. The number of rotatable bonds is 6. The Hall–Kier alpha value is -2.40. The van der Waals surface area contributed by atoms with Crippen molar-refractivity contribution in [2.24, 2.45) is 0 Å². The number of amides is 1. The molecule has 2 heterocycles. The molecule has 0 bridgehead atoms. The molecule has 1 aromatic heterocycles. The van der Waals surface area contributed by atoms with Crippen LogP contribution in [0.25, 0.3) is 0 Å². The molecule has 1 saturated heterocycles. The van der Waals surface area contributed by atoms with Gasteiger partial charge in [0.05, 0.1) is 11.9 Å². The highest BCUT2D eigenvalue weighted by Gasteiger charge is 2.19. The molecule has 1 aliphatic rings. The number of hydrogen-bond donors (Lipinski definition) is 0. The van der Waals surface area contributed by atoms with Crippen molar-refractivity contribution < 1.29 is 4.79 Å². The number of carbonyl (C=O) groups is 1. The van der Waals surface area contributed by atoms with Crippen LogP contribution < -0.4 is 4.90 Å². The molecule has 1 aromatic carbocycles. The van der Waals surface area contributed by atoms with Crippen molar-refractivity contribution in [1.29, 1.82) is 0 Å². The number of piperazine rings is 1. The first-order valence-corrected chi connectivity index (χ1v) is 9.47. The molecule has 5 heteroatoms. The van der Waals surface area contributed by atoms with Crippen molar-refractivity contribution in [3.8, 4) is 0 Å². The molecule has 2 aromatic rings. The van der Waals surface area contributed by atoms with E-state index in [4.69, 9.17) is 0 Å². The third kappa shape index (κ3) is 4.41. The van der Waals surface area contributed by atoms with Gasteiger partial charge in [0.15, 0.2) is 0 Å². The van der Waals surface area contributed by atoms with Gasteiger partial charge in [0.2, 0.25) is 0 Å². The summed E-state index contributed by atoms with van der Waals surface area (Å²) in [5, 5.41) is 0. The summed E-state index contributed by atoms with van der Waals surface area (Å²) in [6.07, 6.45) is 1.84. The summed E-state index contributed by atoms with van der Waals surface area (Å²) in [5.41, 5.74) is 2.99. The van der Waals surface area contributed by atoms with Gasteiger partial charge in [-0.25, -0.2) is 4.98 Å². The number of benzene rings is 1. The van der Waals surface area contributed by atoms with Crippen molar-refractivity contribution in [2.45, 2.75) is 20.4 Å².